The molecule has 0 aliphatic heterocycles. The molecule has 0 amide bonds. The molecule has 0 aliphatic rings. The number of nitriles is 1. The number of unbranched alkanes of at least 4 members (excludes halogenated alkanes) is 4. The summed E-state index contributed by atoms with van der Waals surface area (Å²) >= 11 is 1.50. The van der Waals surface area contributed by atoms with Gasteiger partial charge in [0.25, 0.3) is 5.76 Å². The molecule has 0 bridgehead atoms. The second-order valence-corrected chi connectivity index (χ2v) is 8.66. The molecule has 2 nitrogen and oxygen atoms in total. The van der Waals surface area contributed by atoms with Crippen molar-refractivity contribution in [1.82, 2.24) is 4.98 Å². The number of rotatable bonds is 10. The Morgan fingerprint density at radius 1 is 1.07 bits per heavy atom. The van der Waals surface area contributed by atoms with Crippen LogP contribution in [0.4, 0.5) is 22.0 Å². The van der Waals surface area contributed by atoms with Crippen LogP contribution in [0.25, 0.3) is 11.3 Å². The Morgan fingerprint density at radius 3 is 2.30 bits per heavy atom. The third-order valence-electron chi connectivity index (χ3n) is 4.27. The van der Waals surface area contributed by atoms with Crippen LogP contribution >= 0.6 is 23.5 Å². The second-order valence-electron chi connectivity index (χ2n) is 6.51. The molecular weight excluding hydrogens is 439 g/mol. The van der Waals surface area contributed by atoms with Gasteiger partial charge in [0.15, 0.2) is 0 Å². The molecule has 0 saturated carbocycles. The van der Waals surface area contributed by atoms with Gasteiger partial charge in [-0.15, -0.1) is 11.8 Å². The lowest BCUT2D eigenvalue weighted by atomic mass is 10.1. The van der Waals surface area contributed by atoms with Crippen molar-refractivity contribution in [1.29, 1.82) is 5.26 Å². The molecule has 0 N–H and O–H groups in total. The van der Waals surface area contributed by atoms with Gasteiger partial charge in [-0.3, -0.25) is 0 Å². The molecule has 2 aromatic rings. The summed E-state index contributed by atoms with van der Waals surface area (Å²) in [5, 5.41) is 9.39. The third-order valence-corrected chi connectivity index (χ3v) is 6.05. The number of nitrogens with zero attached hydrogens (tertiary/aromatic N) is 2. The van der Waals surface area contributed by atoms with E-state index in [0.717, 1.165) is 49.9 Å². The number of hydrogen-bond acceptors (Lipinski definition) is 4. The molecule has 9 heteroatoms. The van der Waals surface area contributed by atoms with E-state index in [1.54, 1.807) is 6.07 Å². The molecule has 1 aromatic heterocycles. The van der Waals surface area contributed by atoms with E-state index in [4.69, 9.17) is 0 Å². The highest BCUT2D eigenvalue weighted by Gasteiger charge is 2.36. The van der Waals surface area contributed by atoms with Crippen molar-refractivity contribution in [2.24, 2.45) is 0 Å². The molecule has 0 saturated heterocycles. The smallest absolute Gasteiger partial charge is 0.240 e. The van der Waals surface area contributed by atoms with Crippen LogP contribution in [-0.4, -0.2) is 16.5 Å². The summed E-state index contributed by atoms with van der Waals surface area (Å²) in [5.74, 6) is -2.02. The molecule has 0 spiro atoms. The van der Waals surface area contributed by atoms with Crippen LogP contribution in [0.3, 0.4) is 0 Å². The number of pyridine rings is 1. The molecule has 1 heterocycles. The van der Waals surface area contributed by atoms with E-state index in [1.807, 2.05) is 0 Å². The molecule has 0 unspecified atom stereocenters. The monoisotopic (exact) mass is 460 g/mol. The molecule has 0 aliphatic carbocycles. The van der Waals surface area contributed by atoms with Gasteiger partial charge >= 0.3 is 6.18 Å². The predicted octanol–water partition coefficient (Wildman–Crippen LogP) is 8.02. The van der Waals surface area contributed by atoms with Crippen LogP contribution in [0.15, 0.2) is 40.3 Å². The van der Waals surface area contributed by atoms with Crippen LogP contribution in [0.2, 0.25) is 0 Å². The number of alkyl halides is 5. The average Bonchev–Trinajstić information content (AvgIpc) is 2.69. The summed E-state index contributed by atoms with van der Waals surface area (Å²) in [4.78, 5) is 4.60. The second kappa shape index (κ2) is 11.6. The molecule has 2 rings (SSSR count). The Morgan fingerprint density at radius 2 is 1.73 bits per heavy atom. The maximum atomic E-state index is 13.6. The summed E-state index contributed by atoms with van der Waals surface area (Å²) in [5.41, 5.74) is -1.08. The number of thioether (sulfide) groups is 2. The lowest BCUT2D eigenvalue weighted by molar-refractivity contribution is -0.138. The normalized spacial score (nSPS) is 11.7. The molecule has 1 aromatic carbocycles. The maximum Gasteiger partial charge on any atom is 0.417 e. The quantitative estimate of drug-likeness (QED) is 0.204. The minimum Gasteiger partial charge on any atom is -0.240 e. The number of aromatic nitrogens is 1. The van der Waals surface area contributed by atoms with Crippen molar-refractivity contribution in [3.8, 4) is 17.3 Å². The van der Waals surface area contributed by atoms with Crippen molar-refractivity contribution in [3.05, 3.63) is 41.5 Å². The zero-order valence-corrected chi connectivity index (χ0v) is 17.9. The average molecular weight is 461 g/mol. The molecule has 0 atom stereocenters. The zero-order valence-electron chi connectivity index (χ0n) is 16.3. The fourth-order valence-electron chi connectivity index (χ4n) is 2.79. The fourth-order valence-corrected chi connectivity index (χ4v) is 4.29. The van der Waals surface area contributed by atoms with E-state index in [-0.39, 0.29) is 10.7 Å². The van der Waals surface area contributed by atoms with E-state index in [2.05, 4.69) is 11.9 Å². The highest BCUT2D eigenvalue weighted by molar-refractivity contribution is 7.99. The Balaban J connectivity index is 2.33. The highest BCUT2D eigenvalue weighted by Crippen LogP contribution is 2.38. The minimum absolute atomic E-state index is 0.0452. The Kier molecular flexibility index (Phi) is 9.43. The summed E-state index contributed by atoms with van der Waals surface area (Å²) < 4.78 is 65.7. The van der Waals surface area contributed by atoms with Crippen molar-refractivity contribution in [2.75, 3.05) is 5.75 Å². The number of hydrogen-bond donors (Lipinski definition) is 0. The lowest BCUT2D eigenvalue weighted by Gasteiger charge is -2.14. The van der Waals surface area contributed by atoms with Gasteiger partial charge in [0.05, 0.1) is 16.8 Å². The van der Waals surface area contributed by atoms with E-state index in [1.165, 1.54) is 24.3 Å². The molecular formula is C21H21F5N2S2. The minimum atomic E-state index is -4.70. The van der Waals surface area contributed by atoms with Gasteiger partial charge in [0.2, 0.25) is 0 Å². The fraction of sp³-hybridized carbons (Fsp3) is 0.429. The molecule has 162 valence electrons. The summed E-state index contributed by atoms with van der Waals surface area (Å²) in [6, 6.07) is 8.24. The first-order chi connectivity index (χ1) is 14.3. The van der Waals surface area contributed by atoms with Crippen molar-refractivity contribution < 1.29 is 22.0 Å². The van der Waals surface area contributed by atoms with E-state index in [9.17, 15) is 27.2 Å². The van der Waals surface area contributed by atoms with Gasteiger partial charge in [0, 0.05) is 10.5 Å². The van der Waals surface area contributed by atoms with Crippen molar-refractivity contribution in [3.63, 3.8) is 0 Å². The van der Waals surface area contributed by atoms with Gasteiger partial charge in [-0.05, 0) is 30.4 Å². The zero-order chi connectivity index (χ0) is 22.1. The van der Waals surface area contributed by atoms with Crippen LogP contribution < -0.4 is 0 Å². The SMILES string of the molecule is CCCCCCCSc1nc(-c2ccc(SC(F)F)cc2)cc(C(F)(F)F)c1C#N. The van der Waals surface area contributed by atoms with Gasteiger partial charge in [-0.2, -0.15) is 27.2 Å². The standard InChI is InChI=1S/C21H21F5N2S2/c1-2-3-4-5-6-11-29-19-16(13-27)17(21(24,25)26)12-18(28-19)14-7-9-15(10-8-14)30-20(22)23/h7-10,12,20H,2-6,11H2,1H3. The first-order valence-corrected chi connectivity index (χ1v) is 11.3. The maximum absolute atomic E-state index is 13.6. The Labute approximate surface area is 181 Å². The summed E-state index contributed by atoms with van der Waals surface area (Å²) in [6.45, 7) is 2.10. The highest BCUT2D eigenvalue weighted by atomic mass is 32.2. The van der Waals surface area contributed by atoms with E-state index in [0.29, 0.717) is 28.0 Å². The molecule has 30 heavy (non-hydrogen) atoms. The van der Waals surface area contributed by atoms with Crippen LogP contribution in [0, 0.1) is 11.3 Å². The van der Waals surface area contributed by atoms with Crippen molar-refractivity contribution in [2.45, 2.75) is 60.9 Å². The number of halogens is 5. The van der Waals surface area contributed by atoms with Crippen LogP contribution in [0.1, 0.15) is 50.2 Å². The van der Waals surface area contributed by atoms with Gasteiger partial charge in [0.1, 0.15) is 11.1 Å². The first-order valence-electron chi connectivity index (χ1n) is 9.46. The summed E-state index contributed by atoms with van der Waals surface area (Å²) in [6.07, 6.45) is 0.357. The first kappa shape index (κ1) is 24.5. The van der Waals surface area contributed by atoms with Gasteiger partial charge in [-0.25, -0.2) is 4.98 Å². The van der Waals surface area contributed by atoms with E-state index >= 15 is 0 Å². The third kappa shape index (κ3) is 7.17. The van der Waals surface area contributed by atoms with E-state index < -0.39 is 23.1 Å². The summed E-state index contributed by atoms with van der Waals surface area (Å²) in [7, 11) is 0. The van der Waals surface area contributed by atoms with Gasteiger partial charge < -0.3 is 0 Å². The molecule has 0 radical (unpaired) electrons. The van der Waals surface area contributed by atoms with Crippen LogP contribution in [-0.2, 0) is 6.18 Å². The van der Waals surface area contributed by atoms with Gasteiger partial charge in [-0.1, -0.05) is 56.5 Å². The Bertz CT molecular complexity index is 861. The largest absolute Gasteiger partial charge is 0.417 e. The molecule has 0 fully saturated rings. The predicted molar refractivity (Wildman–Crippen MR) is 111 cm³/mol. The number of benzene rings is 1. The van der Waals surface area contributed by atoms with Crippen molar-refractivity contribution >= 4 is 23.5 Å². The van der Waals surface area contributed by atoms with Crippen LogP contribution in [0.5, 0.6) is 0 Å². The Hall–Kier alpha value is -1.79. The topological polar surface area (TPSA) is 36.7 Å². The lowest BCUT2D eigenvalue weighted by Crippen LogP contribution is -2.10.